The van der Waals surface area contributed by atoms with Gasteiger partial charge in [-0.25, -0.2) is 8.42 Å². The van der Waals surface area contributed by atoms with Crippen molar-refractivity contribution in [3.8, 4) is 11.5 Å². The van der Waals surface area contributed by atoms with E-state index in [2.05, 4.69) is 10.6 Å². The van der Waals surface area contributed by atoms with Gasteiger partial charge in [0, 0.05) is 18.4 Å². The molecule has 1 saturated heterocycles. The molecule has 0 saturated carbocycles. The number of nitrogens with one attached hydrogen (secondary N) is 2. The fourth-order valence-corrected chi connectivity index (χ4v) is 3.69. The van der Waals surface area contributed by atoms with Gasteiger partial charge in [0.25, 0.3) is 0 Å². The van der Waals surface area contributed by atoms with Crippen molar-refractivity contribution in [3.63, 3.8) is 0 Å². The number of sulfone groups is 1. The zero-order valence-electron chi connectivity index (χ0n) is 15.7. The van der Waals surface area contributed by atoms with Crippen LogP contribution in [0.4, 0.5) is 5.69 Å². The molecule has 3 rings (SSSR count). The number of carbonyl (C=O) groups excluding carboxylic acids is 1. The highest BCUT2D eigenvalue weighted by molar-refractivity contribution is 7.90. The van der Waals surface area contributed by atoms with E-state index in [9.17, 15) is 13.2 Å². The smallest absolute Gasteiger partial charge is 0.224 e. The normalized spacial score (nSPS) is 16.2. The number of hydrogen-bond acceptors (Lipinski definition) is 5. The van der Waals surface area contributed by atoms with Gasteiger partial charge in [-0.3, -0.25) is 4.79 Å². The fourth-order valence-electron chi connectivity index (χ4n) is 3.03. The van der Waals surface area contributed by atoms with Crippen molar-refractivity contribution in [3.05, 3.63) is 48.5 Å². The topological polar surface area (TPSA) is 84.5 Å². The highest BCUT2D eigenvalue weighted by atomic mass is 35.5. The van der Waals surface area contributed by atoms with Crippen molar-refractivity contribution >= 4 is 33.8 Å². The molecule has 1 atom stereocenters. The Balaban J connectivity index is 0.00000280. The molecular weight excluding hydrogens is 400 g/mol. The van der Waals surface area contributed by atoms with Crippen LogP contribution in [-0.2, 0) is 14.6 Å². The molecule has 1 heterocycles. The summed E-state index contributed by atoms with van der Waals surface area (Å²) in [7, 11) is -3.28. The largest absolute Gasteiger partial charge is 0.457 e. The third kappa shape index (κ3) is 6.51. The van der Waals surface area contributed by atoms with Gasteiger partial charge in [-0.15, -0.1) is 12.4 Å². The molecule has 6 nitrogen and oxygen atoms in total. The van der Waals surface area contributed by atoms with Crippen LogP contribution in [0.5, 0.6) is 11.5 Å². The molecule has 1 fully saturated rings. The maximum Gasteiger partial charge on any atom is 0.224 e. The van der Waals surface area contributed by atoms with E-state index >= 15 is 0 Å². The molecule has 0 bridgehead atoms. The van der Waals surface area contributed by atoms with Crippen molar-refractivity contribution in [2.75, 3.05) is 24.7 Å². The van der Waals surface area contributed by atoms with Gasteiger partial charge in [0.1, 0.15) is 11.5 Å². The van der Waals surface area contributed by atoms with Crippen LogP contribution in [0.1, 0.15) is 19.3 Å². The van der Waals surface area contributed by atoms with Gasteiger partial charge in [-0.1, -0.05) is 6.07 Å². The monoisotopic (exact) mass is 424 g/mol. The Morgan fingerprint density at radius 2 is 1.93 bits per heavy atom. The molecule has 2 N–H and O–H groups in total. The van der Waals surface area contributed by atoms with E-state index in [1.165, 1.54) is 12.1 Å². The van der Waals surface area contributed by atoms with Gasteiger partial charge < -0.3 is 15.4 Å². The quantitative estimate of drug-likeness (QED) is 0.708. The molecule has 0 aromatic heterocycles. The zero-order chi connectivity index (χ0) is 19.3. The third-order valence-corrected chi connectivity index (χ3v) is 5.66. The van der Waals surface area contributed by atoms with E-state index in [4.69, 9.17) is 4.74 Å². The summed E-state index contributed by atoms with van der Waals surface area (Å²) in [5, 5.41) is 6.20. The maximum atomic E-state index is 12.1. The minimum Gasteiger partial charge on any atom is -0.457 e. The minimum absolute atomic E-state index is 0. The molecule has 2 aromatic rings. The van der Waals surface area contributed by atoms with Crippen LogP contribution in [0.25, 0.3) is 0 Å². The molecule has 8 heteroatoms. The molecule has 1 aliphatic rings. The average Bonchev–Trinajstić information content (AvgIpc) is 3.15. The van der Waals surface area contributed by atoms with Gasteiger partial charge >= 0.3 is 0 Å². The number of carbonyl (C=O) groups is 1. The van der Waals surface area contributed by atoms with Crippen LogP contribution >= 0.6 is 12.4 Å². The fraction of sp³-hybridized carbons (Fsp3) is 0.350. The number of hydrogen-bond donors (Lipinski definition) is 2. The van der Waals surface area contributed by atoms with Crippen molar-refractivity contribution in [1.82, 2.24) is 5.32 Å². The summed E-state index contributed by atoms with van der Waals surface area (Å²) >= 11 is 0. The Kier molecular flexibility index (Phi) is 7.86. The Morgan fingerprint density at radius 3 is 2.57 bits per heavy atom. The van der Waals surface area contributed by atoms with Gasteiger partial charge in [0.2, 0.25) is 5.91 Å². The number of anilines is 1. The standard InChI is InChI=1S/C20H24N2O4S.ClH/c1-27(24,25)19-4-2-3-18(13-19)26-17-8-6-16(7-9-17)22-20(23)10-5-15-11-12-21-14-15;/h2-4,6-9,13,15,21H,5,10-12,14H2,1H3,(H,22,23);1H. The lowest BCUT2D eigenvalue weighted by atomic mass is 10.0. The van der Waals surface area contributed by atoms with Gasteiger partial charge in [0.05, 0.1) is 4.90 Å². The van der Waals surface area contributed by atoms with E-state index in [0.29, 0.717) is 29.5 Å². The van der Waals surface area contributed by atoms with Crippen molar-refractivity contribution in [2.45, 2.75) is 24.2 Å². The van der Waals surface area contributed by atoms with E-state index in [1.54, 1.807) is 36.4 Å². The van der Waals surface area contributed by atoms with Crippen molar-refractivity contribution in [1.29, 1.82) is 0 Å². The first kappa shape index (κ1) is 22.2. The van der Waals surface area contributed by atoms with Crippen molar-refractivity contribution in [2.24, 2.45) is 5.92 Å². The predicted molar refractivity (Wildman–Crippen MR) is 112 cm³/mol. The zero-order valence-corrected chi connectivity index (χ0v) is 17.3. The lowest BCUT2D eigenvalue weighted by Crippen LogP contribution is -2.14. The lowest BCUT2D eigenvalue weighted by Gasteiger charge is -2.10. The van der Waals surface area contributed by atoms with Gasteiger partial charge in [0.15, 0.2) is 9.84 Å². The summed E-state index contributed by atoms with van der Waals surface area (Å²) in [6, 6.07) is 13.4. The van der Waals surface area contributed by atoms with Crippen molar-refractivity contribution < 1.29 is 17.9 Å². The number of amides is 1. The van der Waals surface area contributed by atoms with E-state index in [-0.39, 0.29) is 23.2 Å². The number of halogens is 1. The second kappa shape index (κ2) is 9.91. The summed E-state index contributed by atoms with van der Waals surface area (Å²) in [5.74, 6) is 1.61. The summed E-state index contributed by atoms with van der Waals surface area (Å²) in [6.07, 6.45) is 3.71. The molecule has 0 radical (unpaired) electrons. The van der Waals surface area contributed by atoms with E-state index in [0.717, 1.165) is 32.2 Å². The first-order valence-corrected chi connectivity index (χ1v) is 10.9. The molecule has 1 amide bonds. The SMILES string of the molecule is CS(=O)(=O)c1cccc(Oc2ccc(NC(=O)CCC3CCNC3)cc2)c1.Cl. The Morgan fingerprint density at radius 1 is 1.18 bits per heavy atom. The first-order valence-electron chi connectivity index (χ1n) is 8.99. The van der Waals surface area contributed by atoms with Gasteiger partial charge in [-0.05, 0) is 74.3 Å². The van der Waals surface area contributed by atoms with Crippen LogP contribution in [0.15, 0.2) is 53.4 Å². The van der Waals surface area contributed by atoms with Crippen LogP contribution < -0.4 is 15.4 Å². The molecule has 0 spiro atoms. The van der Waals surface area contributed by atoms with Crippen LogP contribution in [0.3, 0.4) is 0 Å². The van der Waals surface area contributed by atoms with Crippen LogP contribution in [0.2, 0.25) is 0 Å². The molecule has 0 aliphatic carbocycles. The Labute approximate surface area is 172 Å². The van der Waals surface area contributed by atoms with Crippen LogP contribution in [0, 0.1) is 5.92 Å². The van der Waals surface area contributed by atoms with E-state index in [1.807, 2.05) is 0 Å². The highest BCUT2D eigenvalue weighted by Gasteiger charge is 2.15. The number of benzene rings is 2. The predicted octanol–water partition coefficient (Wildman–Crippen LogP) is 3.63. The number of ether oxygens (including phenoxy) is 1. The lowest BCUT2D eigenvalue weighted by molar-refractivity contribution is -0.116. The summed E-state index contributed by atoms with van der Waals surface area (Å²) in [6.45, 7) is 2.04. The summed E-state index contributed by atoms with van der Waals surface area (Å²) < 4.78 is 29.0. The highest BCUT2D eigenvalue weighted by Crippen LogP contribution is 2.25. The number of rotatable bonds is 7. The first-order chi connectivity index (χ1) is 12.9. The average molecular weight is 425 g/mol. The van der Waals surface area contributed by atoms with Gasteiger partial charge in [-0.2, -0.15) is 0 Å². The molecule has 1 aliphatic heterocycles. The molecule has 2 aromatic carbocycles. The second-order valence-electron chi connectivity index (χ2n) is 6.82. The maximum absolute atomic E-state index is 12.1. The van der Waals surface area contributed by atoms with E-state index < -0.39 is 9.84 Å². The molecule has 28 heavy (non-hydrogen) atoms. The molecular formula is C20H25ClN2O4S. The molecule has 1 unspecified atom stereocenters. The summed E-state index contributed by atoms with van der Waals surface area (Å²) in [4.78, 5) is 12.3. The summed E-state index contributed by atoms with van der Waals surface area (Å²) in [5.41, 5.74) is 0.710. The third-order valence-electron chi connectivity index (χ3n) is 4.55. The van der Waals surface area contributed by atoms with Crippen LogP contribution in [-0.4, -0.2) is 33.7 Å². The Bertz CT molecular complexity index is 895. The molecule has 152 valence electrons. The minimum atomic E-state index is -3.28. The second-order valence-corrected chi connectivity index (χ2v) is 8.83. The Hall–Kier alpha value is -2.09.